The summed E-state index contributed by atoms with van der Waals surface area (Å²) in [4.78, 5) is 4.65. The predicted octanol–water partition coefficient (Wildman–Crippen LogP) is 0.952. The number of nitrogens with two attached hydrogens (primary N) is 1. The molecule has 0 spiro atoms. The van der Waals surface area contributed by atoms with Crippen LogP contribution in [-0.4, -0.2) is 13.9 Å². The van der Waals surface area contributed by atoms with Crippen molar-refractivity contribution in [1.29, 1.82) is 0 Å². The van der Waals surface area contributed by atoms with Crippen LogP contribution < -0.4 is 15.4 Å². The molecule has 5 heteroatoms. The Labute approximate surface area is 87.6 Å². The Kier molecular flexibility index (Phi) is 3.05. The van der Waals surface area contributed by atoms with Crippen LogP contribution in [-0.2, 0) is 22.8 Å². The molecule has 0 aliphatic carbocycles. The van der Waals surface area contributed by atoms with E-state index in [0.29, 0.717) is 12.4 Å². The fraction of sp³-hybridized carbons (Fsp3) is 0.400. The molecule has 1 aliphatic rings. The summed E-state index contributed by atoms with van der Waals surface area (Å²) in [5.41, 5.74) is 1.88. The van der Waals surface area contributed by atoms with Crippen molar-refractivity contribution in [2.45, 2.75) is 13.2 Å². The number of hydrogen-bond donors (Lipinski definition) is 1. The summed E-state index contributed by atoms with van der Waals surface area (Å²) in [5.74, 6) is 6.51. The van der Waals surface area contributed by atoms with Crippen LogP contribution in [0.2, 0.25) is 0 Å². The summed E-state index contributed by atoms with van der Waals surface area (Å²) in [5, 5.41) is 0. The van der Waals surface area contributed by atoms with Gasteiger partial charge >= 0.3 is 0 Å². The summed E-state index contributed by atoms with van der Waals surface area (Å²) >= 11 is 0. The Bertz CT molecular complexity index is 354. The lowest BCUT2D eigenvalue weighted by Gasteiger charge is -2.10. The zero-order chi connectivity index (χ0) is 10.7. The number of hydrogen-bond acceptors (Lipinski definition) is 5. The van der Waals surface area contributed by atoms with Gasteiger partial charge in [0.25, 0.3) is 0 Å². The molecule has 0 saturated carbocycles. The zero-order valence-electron chi connectivity index (χ0n) is 8.49. The van der Waals surface area contributed by atoms with Gasteiger partial charge < -0.3 is 14.2 Å². The average molecular weight is 211 g/mol. The fourth-order valence-electron chi connectivity index (χ4n) is 1.60. The van der Waals surface area contributed by atoms with E-state index < -0.39 is 0 Å². The molecular formula is C10H13NO4. The van der Waals surface area contributed by atoms with Crippen molar-refractivity contribution in [1.82, 2.24) is 0 Å². The Balaban J connectivity index is 2.38. The quantitative estimate of drug-likeness (QED) is 0.751. The van der Waals surface area contributed by atoms with Crippen molar-refractivity contribution in [3.63, 3.8) is 0 Å². The van der Waals surface area contributed by atoms with E-state index in [1.165, 1.54) is 0 Å². The van der Waals surface area contributed by atoms with Gasteiger partial charge in [-0.05, 0) is 11.6 Å². The third-order valence-electron chi connectivity index (χ3n) is 2.27. The third kappa shape index (κ3) is 1.90. The molecule has 2 rings (SSSR count). The van der Waals surface area contributed by atoms with Crippen LogP contribution >= 0.6 is 0 Å². The first-order chi connectivity index (χ1) is 7.36. The van der Waals surface area contributed by atoms with Gasteiger partial charge in [-0.25, -0.2) is 5.90 Å². The van der Waals surface area contributed by atoms with Crippen LogP contribution in [0.1, 0.15) is 11.1 Å². The zero-order valence-corrected chi connectivity index (χ0v) is 8.49. The monoisotopic (exact) mass is 211 g/mol. The van der Waals surface area contributed by atoms with E-state index in [4.69, 9.17) is 20.1 Å². The van der Waals surface area contributed by atoms with Crippen LogP contribution in [0.25, 0.3) is 0 Å². The number of benzene rings is 1. The molecule has 1 heterocycles. The number of fused-ring (bicyclic) bond motifs is 1. The third-order valence-corrected chi connectivity index (χ3v) is 2.27. The lowest BCUT2D eigenvalue weighted by atomic mass is 10.1. The van der Waals surface area contributed by atoms with E-state index in [0.717, 1.165) is 16.9 Å². The minimum Gasteiger partial charge on any atom is -0.454 e. The average Bonchev–Trinajstić information content (AvgIpc) is 2.70. The van der Waals surface area contributed by atoms with Gasteiger partial charge in [0.05, 0.1) is 13.2 Å². The fourth-order valence-corrected chi connectivity index (χ4v) is 1.60. The Morgan fingerprint density at radius 3 is 2.93 bits per heavy atom. The van der Waals surface area contributed by atoms with Gasteiger partial charge in [0.1, 0.15) is 0 Å². The van der Waals surface area contributed by atoms with Crippen molar-refractivity contribution >= 4 is 0 Å². The van der Waals surface area contributed by atoms with E-state index in [1.54, 1.807) is 7.11 Å². The molecule has 5 nitrogen and oxygen atoms in total. The van der Waals surface area contributed by atoms with E-state index in [1.807, 2.05) is 12.1 Å². The molecular weight excluding hydrogens is 198 g/mol. The SMILES string of the molecule is COCc1ccc2c(c1CON)OCO2. The van der Waals surface area contributed by atoms with Crippen LogP contribution in [0.15, 0.2) is 12.1 Å². The topological polar surface area (TPSA) is 62.9 Å². The highest BCUT2D eigenvalue weighted by atomic mass is 16.7. The largest absolute Gasteiger partial charge is 0.454 e. The second-order valence-corrected chi connectivity index (χ2v) is 3.18. The first-order valence-electron chi connectivity index (χ1n) is 4.57. The molecule has 0 atom stereocenters. The summed E-state index contributed by atoms with van der Waals surface area (Å²) in [6.45, 7) is 1.02. The van der Waals surface area contributed by atoms with Gasteiger partial charge in [-0.1, -0.05) is 6.07 Å². The minimum absolute atomic E-state index is 0.239. The molecule has 15 heavy (non-hydrogen) atoms. The van der Waals surface area contributed by atoms with Crippen molar-refractivity contribution in [2.24, 2.45) is 5.90 Å². The van der Waals surface area contributed by atoms with Gasteiger partial charge in [-0.3, -0.25) is 4.84 Å². The van der Waals surface area contributed by atoms with Gasteiger partial charge in [-0.2, -0.15) is 0 Å². The molecule has 0 radical (unpaired) electrons. The highest BCUT2D eigenvalue weighted by Crippen LogP contribution is 2.37. The molecule has 1 aromatic rings. The lowest BCUT2D eigenvalue weighted by Crippen LogP contribution is -2.04. The summed E-state index contributed by atoms with van der Waals surface area (Å²) < 4.78 is 15.7. The van der Waals surface area contributed by atoms with Crippen molar-refractivity contribution in [3.8, 4) is 11.5 Å². The second-order valence-electron chi connectivity index (χ2n) is 3.18. The number of methoxy groups -OCH3 is 1. The molecule has 1 aliphatic heterocycles. The van der Waals surface area contributed by atoms with Gasteiger partial charge in [-0.15, -0.1) is 0 Å². The van der Waals surface area contributed by atoms with Gasteiger partial charge in [0.2, 0.25) is 6.79 Å². The smallest absolute Gasteiger partial charge is 0.231 e. The molecule has 0 saturated heterocycles. The number of ether oxygens (including phenoxy) is 3. The van der Waals surface area contributed by atoms with Crippen LogP contribution in [0.3, 0.4) is 0 Å². The van der Waals surface area contributed by atoms with Crippen molar-refractivity contribution in [2.75, 3.05) is 13.9 Å². The molecule has 0 fully saturated rings. The summed E-state index contributed by atoms with van der Waals surface area (Å²) in [7, 11) is 1.64. The highest BCUT2D eigenvalue weighted by molar-refractivity contribution is 5.51. The Morgan fingerprint density at radius 1 is 1.33 bits per heavy atom. The molecule has 82 valence electrons. The van der Waals surface area contributed by atoms with Gasteiger partial charge in [0.15, 0.2) is 11.5 Å². The second kappa shape index (κ2) is 4.48. The summed E-state index contributed by atoms with van der Waals surface area (Å²) in [6.07, 6.45) is 0. The van der Waals surface area contributed by atoms with E-state index in [9.17, 15) is 0 Å². The van der Waals surface area contributed by atoms with E-state index >= 15 is 0 Å². The maximum absolute atomic E-state index is 5.36. The molecule has 1 aromatic carbocycles. The minimum atomic E-state index is 0.239. The van der Waals surface area contributed by atoms with Crippen molar-refractivity contribution < 1.29 is 19.0 Å². The maximum atomic E-state index is 5.36. The lowest BCUT2D eigenvalue weighted by molar-refractivity contribution is 0.116. The number of rotatable bonds is 4. The highest BCUT2D eigenvalue weighted by Gasteiger charge is 2.20. The molecule has 0 unspecified atom stereocenters. The molecule has 0 bridgehead atoms. The van der Waals surface area contributed by atoms with Crippen molar-refractivity contribution in [3.05, 3.63) is 23.3 Å². The van der Waals surface area contributed by atoms with E-state index in [2.05, 4.69) is 4.84 Å². The summed E-state index contributed by atoms with van der Waals surface area (Å²) in [6, 6.07) is 3.78. The molecule has 2 N–H and O–H groups in total. The van der Waals surface area contributed by atoms with Crippen LogP contribution in [0, 0.1) is 0 Å². The first kappa shape index (κ1) is 10.2. The molecule has 0 amide bonds. The predicted molar refractivity (Wildman–Crippen MR) is 52.3 cm³/mol. The normalized spacial score (nSPS) is 13.2. The Morgan fingerprint density at radius 2 is 2.20 bits per heavy atom. The Hall–Kier alpha value is -1.30. The first-order valence-corrected chi connectivity index (χ1v) is 4.57. The standard InChI is InChI=1S/C10H13NO4/c1-12-4-7-2-3-9-10(14-6-13-9)8(7)5-15-11/h2-3H,4-6,11H2,1H3. The van der Waals surface area contributed by atoms with Gasteiger partial charge in [0, 0.05) is 12.7 Å². The maximum Gasteiger partial charge on any atom is 0.231 e. The van der Waals surface area contributed by atoms with Crippen LogP contribution in [0.4, 0.5) is 0 Å². The van der Waals surface area contributed by atoms with Crippen LogP contribution in [0.5, 0.6) is 11.5 Å². The van der Waals surface area contributed by atoms with E-state index in [-0.39, 0.29) is 13.4 Å². The molecule has 0 aromatic heterocycles.